The molecule has 0 saturated heterocycles. The number of ether oxygens (including phenoxy) is 1. The topological polar surface area (TPSA) is 18.5 Å². The van der Waals surface area contributed by atoms with Crippen LogP contribution in [0.3, 0.4) is 0 Å². The lowest BCUT2D eigenvalue weighted by molar-refractivity contribution is 0.280. The van der Waals surface area contributed by atoms with Crippen LogP contribution in [0, 0.1) is 0 Å². The molecule has 0 aliphatic carbocycles. The van der Waals surface area contributed by atoms with Crippen molar-refractivity contribution in [3.8, 4) is 5.75 Å². The first-order valence-corrected chi connectivity index (χ1v) is 11.6. The van der Waals surface area contributed by atoms with Crippen molar-refractivity contribution in [2.75, 3.05) is 6.61 Å². The summed E-state index contributed by atoms with van der Waals surface area (Å²) in [5, 5.41) is 0.246. The predicted octanol–water partition coefficient (Wildman–Crippen LogP) is 5.83. The summed E-state index contributed by atoms with van der Waals surface area (Å²) in [6.07, 6.45) is 0.886. The van der Waals surface area contributed by atoms with Gasteiger partial charge in [0.05, 0.1) is 0 Å². The third kappa shape index (κ3) is 5.22. The summed E-state index contributed by atoms with van der Waals surface area (Å²) in [6.45, 7) is 12.8. The molecule has 2 aromatic rings. The van der Waals surface area contributed by atoms with Crippen LogP contribution < -0.4 is 4.74 Å². The number of para-hydroxylation sites is 1. The molecule has 0 fully saturated rings. The van der Waals surface area contributed by atoms with Crippen LogP contribution in [0.4, 0.5) is 0 Å². The Bertz CT molecular complexity index is 630. The molecule has 24 heavy (non-hydrogen) atoms. The Morgan fingerprint density at radius 2 is 1.50 bits per heavy atom. The maximum absolute atomic E-state index is 6.30. The van der Waals surface area contributed by atoms with Gasteiger partial charge in [0, 0.05) is 6.61 Å². The molecule has 3 heteroatoms. The van der Waals surface area contributed by atoms with E-state index in [4.69, 9.17) is 9.16 Å². The molecule has 0 saturated carbocycles. The Kier molecular flexibility index (Phi) is 6.25. The van der Waals surface area contributed by atoms with E-state index in [0.29, 0.717) is 6.61 Å². The van der Waals surface area contributed by atoms with Crippen molar-refractivity contribution in [1.82, 2.24) is 0 Å². The first kappa shape index (κ1) is 18.8. The van der Waals surface area contributed by atoms with Gasteiger partial charge >= 0.3 is 0 Å². The summed E-state index contributed by atoms with van der Waals surface area (Å²) in [7, 11) is -1.69. The zero-order chi connectivity index (χ0) is 17.6. The van der Waals surface area contributed by atoms with Gasteiger partial charge in [0.15, 0.2) is 8.32 Å². The highest BCUT2D eigenvalue weighted by molar-refractivity contribution is 6.74. The number of hydrogen-bond acceptors (Lipinski definition) is 2. The van der Waals surface area contributed by atoms with Gasteiger partial charge in [-0.3, -0.25) is 0 Å². The van der Waals surface area contributed by atoms with Crippen LogP contribution in [0.25, 0.3) is 0 Å². The Hall–Kier alpha value is -1.58. The Morgan fingerprint density at radius 3 is 2.17 bits per heavy atom. The van der Waals surface area contributed by atoms with Crippen molar-refractivity contribution in [3.05, 3.63) is 65.7 Å². The molecular weight excluding hydrogens is 312 g/mol. The minimum Gasteiger partial charge on any atom is -0.489 e. The zero-order valence-electron chi connectivity index (χ0n) is 15.6. The van der Waals surface area contributed by atoms with Crippen molar-refractivity contribution in [2.45, 2.75) is 51.9 Å². The molecule has 0 radical (unpaired) electrons. The summed E-state index contributed by atoms with van der Waals surface area (Å²) in [6, 6.07) is 18.5. The van der Waals surface area contributed by atoms with Crippen molar-refractivity contribution >= 4 is 8.32 Å². The molecule has 2 nitrogen and oxygen atoms in total. The summed E-state index contributed by atoms with van der Waals surface area (Å²) in [5.41, 5.74) is 2.40. The molecule has 0 aliphatic rings. The number of rotatable bonds is 7. The van der Waals surface area contributed by atoms with E-state index >= 15 is 0 Å². The second kappa shape index (κ2) is 7.99. The van der Waals surface area contributed by atoms with E-state index in [1.165, 1.54) is 11.1 Å². The Labute approximate surface area is 148 Å². The fraction of sp³-hybridized carbons (Fsp3) is 0.429. The molecule has 0 aliphatic heterocycles. The molecule has 0 heterocycles. The molecule has 0 atom stereocenters. The van der Waals surface area contributed by atoms with Gasteiger partial charge in [0.1, 0.15) is 12.4 Å². The fourth-order valence-corrected chi connectivity index (χ4v) is 3.26. The Morgan fingerprint density at radius 1 is 0.875 bits per heavy atom. The molecule has 0 N–H and O–H groups in total. The third-order valence-corrected chi connectivity index (χ3v) is 9.39. The fourth-order valence-electron chi connectivity index (χ4n) is 2.22. The van der Waals surface area contributed by atoms with Crippen molar-refractivity contribution in [1.29, 1.82) is 0 Å². The molecule has 130 valence electrons. The van der Waals surface area contributed by atoms with Gasteiger partial charge in [-0.1, -0.05) is 69.3 Å². The maximum Gasteiger partial charge on any atom is 0.191 e. The quantitative estimate of drug-likeness (QED) is 0.589. The van der Waals surface area contributed by atoms with E-state index in [1.54, 1.807) is 0 Å². The standard InChI is InChI=1S/C21H30O2Si/c1-21(2,3)24(4,5)23-16-15-19-13-9-10-14-20(19)22-17-18-11-7-6-8-12-18/h6-14H,15-17H2,1-5H3. The second-order valence-corrected chi connectivity index (χ2v) is 12.6. The van der Waals surface area contributed by atoms with Gasteiger partial charge in [-0.2, -0.15) is 0 Å². The highest BCUT2D eigenvalue weighted by Crippen LogP contribution is 2.36. The molecule has 2 aromatic carbocycles. The van der Waals surface area contributed by atoms with Crippen molar-refractivity contribution < 1.29 is 9.16 Å². The smallest absolute Gasteiger partial charge is 0.191 e. The molecule has 0 amide bonds. The van der Waals surface area contributed by atoms with Crippen LogP contribution in [0.1, 0.15) is 31.9 Å². The summed E-state index contributed by atoms with van der Waals surface area (Å²) >= 11 is 0. The van der Waals surface area contributed by atoms with E-state index < -0.39 is 8.32 Å². The predicted molar refractivity (Wildman–Crippen MR) is 104 cm³/mol. The van der Waals surface area contributed by atoms with E-state index in [9.17, 15) is 0 Å². The average molecular weight is 343 g/mol. The second-order valence-electron chi connectivity index (χ2n) is 7.74. The van der Waals surface area contributed by atoms with Crippen LogP contribution >= 0.6 is 0 Å². The highest BCUT2D eigenvalue weighted by atomic mass is 28.4. The summed E-state index contributed by atoms with van der Waals surface area (Å²) in [4.78, 5) is 0. The first-order chi connectivity index (χ1) is 11.3. The van der Waals surface area contributed by atoms with Crippen LogP contribution in [0.15, 0.2) is 54.6 Å². The van der Waals surface area contributed by atoms with Crippen molar-refractivity contribution in [2.24, 2.45) is 0 Å². The summed E-state index contributed by atoms with van der Waals surface area (Å²) < 4.78 is 12.3. The molecule has 0 aromatic heterocycles. The minimum atomic E-state index is -1.69. The van der Waals surface area contributed by atoms with E-state index in [0.717, 1.165) is 18.8 Å². The van der Waals surface area contributed by atoms with Gasteiger partial charge in [0.25, 0.3) is 0 Å². The SMILES string of the molecule is CC(C)(C)[Si](C)(C)OCCc1ccccc1OCc1ccccc1. The highest BCUT2D eigenvalue weighted by Gasteiger charge is 2.36. The lowest BCUT2D eigenvalue weighted by Crippen LogP contribution is -2.41. The Balaban J connectivity index is 1.94. The first-order valence-electron chi connectivity index (χ1n) is 8.68. The van der Waals surface area contributed by atoms with Crippen molar-refractivity contribution in [3.63, 3.8) is 0 Å². The molecule has 0 spiro atoms. The van der Waals surface area contributed by atoms with Gasteiger partial charge < -0.3 is 9.16 Å². The number of hydrogen-bond donors (Lipinski definition) is 0. The van der Waals surface area contributed by atoms with Gasteiger partial charge in [-0.25, -0.2) is 0 Å². The normalized spacial score (nSPS) is 12.2. The van der Waals surface area contributed by atoms with Gasteiger partial charge in [-0.05, 0) is 41.7 Å². The monoisotopic (exact) mass is 342 g/mol. The van der Waals surface area contributed by atoms with E-state index in [2.05, 4.69) is 58.1 Å². The van der Waals surface area contributed by atoms with Crippen LogP contribution in [0.2, 0.25) is 18.1 Å². The van der Waals surface area contributed by atoms with Gasteiger partial charge in [0.2, 0.25) is 0 Å². The zero-order valence-corrected chi connectivity index (χ0v) is 16.6. The molecule has 0 unspecified atom stereocenters. The lowest BCUT2D eigenvalue weighted by atomic mass is 10.1. The molecule has 0 bridgehead atoms. The van der Waals surface area contributed by atoms with E-state index in [1.807, 2.05) is 30.3 Å². The summed E-state index contributed by atoms with van der Waals surface area (Å²) in [5.74, 6) is 0.959. The van der Waals surface area contributed by atoms with Crippen LogP contribution in [-0.2, 0) is 17.5 Å². The third-order valence-electron chi connectivity index (χ3n) is 4.85. The minimum absolute atomic E-state index is 0.246. The lowest BCUT2D eigenvalue weighted by Gasteiger charge is -2.36. The largest absolute Gasteiger partial charge is 0.489 e. The van der Waals surface area contributed by atoms with Crippen LogP contribution in [0.5, 0.6) is 5.75 Å². The molecular formula is C21H30O2Si. The van der Waals surface area contributed by atoms with E-state index in [-0.39, 0.29) is 5.04 Å². The number of benzene rings is 2. The average Bonchev–Trinajstić information content (AvgIpc) is 2.54. The maximum atomic E-state index is 6.30. The molecule has 2 rings (SSSR count). The van der Waals surface area contributed by atoms with Gasteiger partial charge in [-0.15, -0.1) is 0 Å². The van der Waals surface area contributed by atoms with Crippen LogP contribution in [-0.4, -0.2) is 14.9 Å².